The lowest BCUT2D eigenvalue weighted by Crippen LogP contribution is -2.22. The zero-order chi connectivity index (χ0) is 25.5. The Kier molecular flexibility index (Phi) is 6.34. The lowest BCUT2D eigenvalue weighted by molar-refractivity contribution is -0.115. The van der Waals surface area contributed by atoms with E-state index >= 15 is 0 Å². The average molecular weight is 516 g/mol. The second-order valence-electron chi connectivity index (χ2n) is 7.62. The molecule has 0 bridgehead atoms. The van der Waals surface area contributed by atoms with Crippen molar-refractivity contribution in [2.24, 2.45) is 0 Å². The molecule has 1 radical (unpaired) electrons. The molecular weight excluding hydrogens is 502 g/mol. The van der Waals surface area contributed by atoms with Gasteiger partial charge in [0.15, 0.2) is 0 Å². The number of fused-ring (bicyclic) bond motifs is 2. The summed E-state index contributed by atoms with van der Waals surface area (Å²) in [5.74, 6) is -2.16. The molecule has 4 rings (SSSR count). The predicted molar refractivity (Wildman–Crippen MR) is 112 cm³/mol. The number of hydrogen-bond acceptors (Lipinski definition) is 3. The standard InChI is InChI=1S/C23H14F8NO2Si/c24-15-5-13-18(7-17(15)32-9-22(26,27)28)34-19-8-20(35-10-23(29,30)31)16(25)6-14(19)21(13)11-1-3-12(33)4-2-11/h1-8,32-33H,9-10H2. The Morgan fingerprint density at radius 2 is 1.51 bits per heavy atom. The summed E-state index contributed by atoms with van der Waals surface area (Å²) in [6.07, 6.45) is -9.13. The molecule has 0 saturated heterocycles. The van der Waals surface area contributed by atoms with Crippen LogP contribution in [0.5, 0.6) is 17.2 Å². The van der Waals surface area contributed by atoms with Gasteiger partial charge in [0.25, 0.3) is 0 Å². The van der Waals surface area contributed by atoms with Crippen LogP contribution in [0.2, 0.25) is 6.04 Å². The van der Waals surface area contributed by atoms with Gasteiger partial charge in [-0.1, -0.05) is 12.1 Å². The maximum atomic E-state index is 14.8. The van der Waals surface area contributed by atoms with E-state index in [1.807, 2.05) is 5.32 Å². The molecule has 1 aliphatic heterocycles. The molecule has 3 aromatic rings. The van der Waals surface area contributed by atoms with Crippen LogP contribution in [0.15, 0.2) is 48.5 Å². The summed E-state index contributed by atoms with van der Waals surface area (Å²) in [6, 6.07) is 8.31. The Morgan fingerprint density at radius 3 is 2.14 bits per heavy atom. The van der Waals surface area contributed by atoms with Crippen molar-refractivity contribution in [3.05, 3.63) is 81.3 Å². The number of phenolic OH excluding ortho intramolecular Hbond substituents is 1. The van der Waals surface area contributed by atoms with Gasteiger partial charge in [-0.3, -0.25) is 0 Å². The summed E-state index contributed by atoms with van der Waals surface area (Å²) in [7, 11) is -0.945. The highest BCUT2D eigenvalue weighted by Gasteiger charge is 2.29. The molecule has 1 aliphatic rings. The molecule has 1 heterocycles. The highest BCUT2D eigenvalue weighted by Crippen LogP contribution is 2.39. The first-order valence-corrected chi connectivity index (χ1v) is 11.1. The van der Waals surface area contributed by atoms with Gasteiger partial charge in [0.05, 0.1) is 11.7 Å². The molecule has 0 aliphatic carbocycles. The summed E-state index contributed by atoms with van der Waals surface area (Å²) in [5.41, 5.74) is 0.194. The minimum Gasteiger partial charge on any atom is -0.508 e. The molecule has 183 valence electrons. The van der Waals surface area contributed by atoms with Crippen molar-refractivity contribution in [3.63, 3.8) is 0 Å². The highest BCUT2D eigenvalue weighted by molar-refractivity contribution is 6.27. The molecule has 35 heavy (non-hydrogen) atoms. The summed E-state index contributed by atoms with van der Waals surface area (Å²) < 4.78 is 111. The Bertz CT molecular complexity index is 1400. The van der Waals surface area contributed by atoms with Crippen molar-refractivity contribution >= 4 is 20.4 Å². The fourth-order valence-electron chi connectivity index (χ4n) is 3.53. The monoisotopic (exact) mass is 516 g/mol. The maximum absolute atomic E-state index is 14.8. The van der Waals surface area contributed by atoms with Crippen LogP contribution in [0.25, 0.3) is 5.57 Å². The highest BCUT2D eigenvalue weighted by atomic mass is 28.2. The lowest BCUT2D eigenvalue weighted by atomic mass is 9.92. The van der Waals surface area contributed by atoms with Gasteiger partial charge in [-0.15, -0.1) is 0 Å². The zero-order valence-electron chi connectivity index (χ0n) is 17.4. The molecular formula is C23H14F8NO2Si. The van der Waals surface area contributed by atoms with E-state index in [1.54, 1.807) is 0 Å². The normalized spacial score (nSPS) is 13.8. The molecule has 0 unspecified atom stereocenters. The Morgan fingerprint density at radius 1 is 0.829 bits per heavy atom. The molecule has 12 heteroatoms. The van der Waals surface area contributed by atoms with Gasteiger partial charge in [0.1, 0.15) is 35.4 Å². The quantitative estimate of drug-likeness (QED) is 0.261. The van der Waals surface area contributed by atoms with Crippen molar-refractivity contribution < 1.29 is 45.0 Å². The lowest BCUT2D eigenvalue weighted by Gasteiger charge is -2.23. The van der Waals surface area contributed by atoms with Gasteiger partial charge < -0.3 is 15.2 Å². The van der Waals surface area contributed by atoms with Crippen LogP contribution in [-0.2, 0) is 0 Å². The minimum atomic E-state index is -4.62. The van der Waals surface area contributed by atoms with Crippen LogP contribution in [0.1, 0.15) is 11.1 Å². The molecule has 0 atom stereocenters. The molecule has 0 fully saturated rings. The van der Waals surface area contributed by atoms with Gasteiger partial charge in [-0.25, -0.2) is 8.78 Å². The number of alkyl halides is 6. The molecule has 0 spiro atoms. The summed E-state index contributed by atoms with van der Waals surface area (Å²) in [5, 5.41) is 11.7. The third kappa shape index (κ3) is 5.64. The first kappa shape index (κ1) is 24.7. The molecule has 0 aromatic heterocycles. The fourth-order valence-corrected chi connectivity index (χ4v) is 4.40. The van der Waals surface area contributed by atoms with E-state index in [9.17, 15) is 40.2 Å². The van der Waals surface area contributed by atoms with E-state index in [1.165, 1.54) is 24.3 Å². The molecule has 0 saturated carbocycles. The Hall–Kier alpha value is -3.41. The summed E-state index contributed by atoms with van der Waals surface area (Å²) in [6.45, 7) is -1.51. The average Bonchev–Trinajstić information content (AvgIpc) is 2.75. The number of aromatic hydroxyl groups is 1. The van der Waals surface area contributed by atoms with Gasteiger partial charge in [0, 0.05) is 31.6 Å². The third-order valence-corrected chi connectivity index (χ3v) is 6.35. The summed E-state index contributed by atoms with van der Waals surface area (Å²) >= 11 is 0. The van der Waals surface area contributed by atoms with Gasteiger partial charge >= 0.3 is 12.4 Å². The van der Waals surface area contributed by atoms with E-state index in [-0.39, 0.29) is 38.4 Å². The SMILES string of the molecule is Oc1ccc(C2=c3cc(F)/c(=[Si]\CC(F)(F)F)cc3Oc3cc(NCC(F)(F)F)c(F)cc32)cc1. The van der Waals surface area contributed by atoms with Crippen LogP contribution in [0, 0.1) is 16.4 Å². The van der Waals surface area contributed by atoms with Crippen molar-refractivity contribution in [1.29, 1.82) is 0 Å². The number of rotatable bonds is 4. The van der Waals surface area contributed by atoms with Gasteiger partial charge in [-0.05, 0) is 40.7 Å². The smallest absolute Gasteiger partial charge is 0.405 e. The minimum absolute atomic E-state index is 0.0416. The number of ether oxygens (including phenoxy) is 1. The number of phenols is 1. The summed E-state index contributed by atoms with van der Waals surface area (Å²) in [4.78, 5) is -0.243. The third-order valence-electron chi connectivity index (χ3n) is 5.01. The number of nitrogens with one attached hydrogen (secondary N) is 1. The Labute approximate surface area is 194 Å². The topological polar surface area (TPSA) is 41.5 Å². The number of benzene rings is 3. The van der Waals surface area contributed by atoms with Crippen LogP contribution in [0.4, 0.5) is 40.8 Å². The van der Waals surface area contributed by atoms with Crippen molar-refractivity contribution in [2.75, 3.05) is 11.9 Å². The largest absolute Gasteiger partial charge is 0.508 e. The zero-order valence-corrected chi connectivity index (χ0v) is 18.4. The van der Waals surface area contributed by atoms with Crippen molar-refractivity contribution in [3.8, 4) is 17.2 Å². The van der Waals surface area contributed by atoms with E-state index in [4.69, 9.17) is 4.74 Å². The molecule has 0 amide bonds. The van der Waals surface area contributed by atoms with Crippen molar-refractivity contribution in [2.45, 2.75) is 18.4 Å². The predicted octanol–water partition coefficient (Wildman–Crippen LogP) is 5.93. The maximum Gasteiger partial charge on any atom is 0.405 e. The molecule has 3 aromatic carbocycles. The van der Waals surface area contributed by atoms with Gasteiger partial charge in [-0.2, -0.15) is 26.3 Å². The molecule has 3 nitrogen and oxygen atoms in total. The van der Waals surface area contributed by atoms with E-state index in [2.05, 4.69) is 0 Å². The molecule has 2 N–H and O–H groups in total. The first-order valence-electron chi connectivity index (χ1n) is 9.94. The fraction of sp³-hybridized carbons (Fsp3) is 0.174. The second-order valence-corrected chi connectivity index (χ2v) is 8.86. The number of hydrogen-bond donors (Lipinski definition) is 2. The van der Waals surface area contributed by atoms with Gasteiger partial charge in [0.2, 0.25) is 0 Å². The van der Waals surface area contributed by atoms with Crippen LogP contribution in [-0.4, -0.2) is 33.1 Å². The number of halogens is 8. The van der Waals surface area contributed by atoms with E-state index in [0.29, 0.717) is 5.56 Å². The van der Waals surface area contributed by atoms with E-state index in [0.717, 1.165) is 24.3 Å². The van der Waals surface area contributed by atoms with Crippen LogP contribution >= 0.6 is 0 Å². The van der Waals surface area contributed by atoms with Crippen LogP contribution in [0.3, 0.4) is 0 Å². The Balaban J connectivity index is 1.94. The first-order chi connectivity index (χ1) is 16.3. The van der Waals surface area contributed by atoms with Crippen LogP contribution < -0.4 is 15.3 Å². The second kappa shape index (κ2) is 8.99. The number of anilines is 1. The van der Waals surface area contributed by atoms with E-state index < -0.39 is 51.4 Å². The van der Waals surface area contributed by atoms with Crippen molar-refractivity contribution in [1.82, 2.24) is 0 Å².